The van der Waals surface area contributed by atoms with Gasteiger partial charge in [0.05, 0.1) is 12.5 Å². The predicted octanol–water partition coefficient (Wildman–Crippen LogP) is 3.67. The average Bonchev–Trinajstić information content (AvgIpc) is 2.80. The first-order valence-electron chi connectivity index (χ1n) is 6.52. The zero-order valence-electron chi connectivity index (χ0n) is 11.1. The van der Waals surface area contributed by atoms with E-state index < -0.39 is 6.10 Å². The van der Waals surface area contributed by atoms with Crippen LogP contribution in [0.3, 0.4) is 0 Å². The minimum Gasteiger partial charge on any atom is -0.393 e. The molecule has 0 aliphatic heterocycles. The first-order valence-corrected chi connectivity index (χ1v) is 7.27. The van der Waals surface area contributed by atoms with Gasteiger partial charge in [0.25, 0.3) is 0 Å². The SMILES string of the molecule is CCCC(O)Cc1nc(Cc2ccc(Cl)cc2Cl)no1. The summed E-state index contributed by atoms with van der Waals surface area (Å²) in [6.45, 7) is 2.02. The van der Waals surface area contributed by atoms with Gasteiger partial charge in [0, 0.05) is 16.5 Å². The third-order valence-electron chi connectivity index (χ3n) is 2.91. The Morgan fingerprint density at radius 2 is 2.15 bits per heavy atom. The molecule has 108 valence electrons. The van der Waals surface area contributed by atoms with Crippen molar-refractivity contribution in [3.63, 3.8) is 0 Å². The van der Waals surface area contributed by atoms with Crippen molar-refractivity contribution in [2.75, 3.05) is 0 Å². The quantitative estimate of drug-likeness (QED) is 0.883. The number of rotatable bonds is 6. The van der Waals surface area contributed by atoms with Crippen LogP contribution < -0.4 is 0 Å². The van der Waals surface area contributed by atoms with Crippen LogP contribution in [0.2, 0.25) is 10.0 Å². The highest BCUT2D eigenvalue weighted by Crippen LogP contribution is 2.22. The van der Waals surface area contributed by atoms with Crippen molar-refractivity contribution in [1.82, 2.24) is 10.1 Å². The van der Waals surface area contributed by atoms with Crippen molar-refractivity contribution in [3.05, 3.63) is 45.5 Å². The van der Waals surface area contributed by atoms with Crippen LogP contribution in [0.4, 0.5) is 0 Å². The summed E-state index contributed by atoms with van der Waals surface area (Å²) in [5.74, 6) is 0.999. The Balaban J connectivity index is 2.02. The van der Waals surface area contributed by atoms with Crippen molar-refractivity contribution >= 4 is 23.2 Å². The Morgan fingerprint density at radius 3 is 2.85 bits per heavy atom. The zero-order valence-corrected chi connectivity index (χ0v) is 12.7. The normalized spacial score (nSPS) is 12.6. The first kappa shape index (κ1) is 15.3. The first-order chi connectivity index (χ1) is 9.58. The molecule has 1 heterocycles. The molecule has 0 saturated heterocycles. The number of aromatic nitrogens is 2. The second-order valence-corrected chi connectivity index (χ2v) is 5.51. The van der Waals surface area contributed by atoms with E-state index in [1.165, 1.54) is 0 Å². The number of aliphatic hydroxyl groups excluding tert-OH is 1. The molecule has 0 amide bonds. The van der Waals surface area contributed by atoms with Crippen molar-refractivity contribution < 1.29 is 9.63 Å². The summed E-state index contributed by atoms with van der Waals surface area (Å²) in [4.78, 5) is 4.26. The highest BCUT2D eigenvalue weighted by Gasteiger charge is 2.13. The molecule has 1 unspecified atom stereocenters. The highest BCUT2D eigenvalue weighted by atomic mass is 35.5. The molecule has 1 atom stereocenters. The minimum atomic E-state index is -0.438. The van der Waals surface area contributed by atoms with Gasteiger partial charge in [0.2, 0.25) is 5.89 Å². The van der Waals surface area contributed by atoms with Gasteiger partial charge in [0.1, 0.15) is 0 Å². The van der Waals surface area contributed by atoms with Crippen LogP contribution in [0.5, 0.6) is 0 Å². The molecule has 2 aromatic rings. The third-order valence-corrected chi connectivity index (χ3v) is 3.49. The third kappa shape index (κ3) is 4.20. The predicted molar refractivity (Wildman–Crippen MR) is 78.2 cm³/mol. The summed E-state index contributed by atoms with van der Waals surface area (Å²) in [7, 11) is 0. The van der Waals surface area contributed by atoms with E-state index in [1.54, 1.807) is 12.1 Å². The van der Waals surface area contributed by atoms with E-state index in [-0.39, 0.29) is 0 Å². The van der Waals surface area contributed by atoms with Gasteiger partial charge in [-0.1, -0.05) is 47.8 Å². The number of halogens is 2. The van der Waals surface area contributed by atoms with E-state index in [0.717, 1.165) is 18.4 Å². The Kier molecular flexibility index (Phi) is 5.40. The standard InChI is InChI=1S/C14H16Cl2N2O2/c1-2-3-11(19)8-14-17-13(18-20-14)6-9-4-5-10(15)7-12(9)16/h4-5,7,11,19H,2-3,6,8H2,1H3. The van der Waals surface area contributed by atoms with Crippen LogP contribution in [0.15, 0.2) is 22.7 Å². The minimum absolute atomic E-state index is 0.384. The second-order valence-electron chi connectivity index (χ2n) is 4.66. The number of benzene rings is 1. The molecule has 4 nitrogen and oxygen atoms in total. The number of aliphatic hydroxyl groups is 1. The number of hydrogen-bond donors (Lipinski definition) is 1. The molecular formula is C14H16Cl2N2O2. The van der Waals surface area contributed by atoms with E-state index in [9.17, 15) is 5.11 Å². The lowest BCUT2D eigenvalue weighted by molar-refractivity contribution is 0.151. The topological polar surface area (TPSA) is 59.2 Å². The molecule has 2 rings (SSSR count). The molecule has 0 spiro atoms. The van der Waals surface area contributed by atoms with Crippen LogP contribution in [-0.4, -0.2) is 21.4 Å². The number of hydrogen-bond acceptors (Lipinski definition) is 4. The van der Waals surface area contributed by atoms with Gasteiger partial charge in [-0.15, -0.1) is 0 Å². The molecule has 1 N–H and O–H groups in total. The molecule has 0 radical (unpaired) electrons. The maximum atomic E-state index is 9.71. The Labute approximate surface area is 127 Å². The molecule has 0 bridgehead atoms. The van der Waals surface area contributed by atoms with Gasteiger partial charge in [-0.05, 0) is 24.1 Å². The molecule has 0 aliphatic rings. The maximum absolute atomic E-state index is 9.71. The van der Waals surface area contributed by atoms with E-state index in [0.29, 0.717) is 34.6 Å². The average molecular weight is 315 g/mol. The lowest BCUT2D eigenvalue weighted by Crippen LogP contribution is -2.09. The van der Waals surface area contributed by atoms with E-state index >= 15 is 0 Å². The van der Waals surface area contributed by atoms with E-state index in [2.05, 4.69) is 10.1 Å². The van der Waals surface area contributed by atoms with Gasteiger partial charge >= 0.3 is 0 Å². The largest absolute Gasteiger partial charge is 0.393 e. The fraction of sp³-hybridized carbons (Fsp3) is 0.429. The Bertz CT molecular complexity index is 572. The monoisotopic (exact) mass is 314 g/mol. The van der Waals surface area contributed by atoms with Crippen LogP contribution in [0.1, 0.15) is 37.0 Å². The number of nitrogens with zero attached hydrogens (tertiary/aromatic N) is 2. The van der Waals surface area contributed by atoms with Crippen molar-refractivity contribution in [3.8, 4) is 0 Å². The molecule has 1 aromatic heterocycles. The molecular weight excluding hydrogens is 299 g/mol. The maximum Gasteiger partial charge on any atom is 0.229 e. The molecule has 0 aliphatic carbocycles. The zero-order chi connectivity index (χ0) is 14.5. The fourth-order valence-electron chi connectivity index (χ4n) is 1.92. The molecule has 1 aromatic carbocycles. The van der Waals surface area contributed by atoms with Crippen molar-refractivity contribution in [2.45, 2.75) is 38.7 Å². The van der Waals surface area contributed by atoms with Gasteiger partial charge in [0.15, 0.2) is 5.82 Å². The summed E-state index contributed by atoms with van der Waals surface area (Å²) in [5, 5.41) is 14.8. The highest BCUT2D eigenvalue weighted by molar-refractivity contribution is 6.35. The van der Waals surface area contributed by atoms with Crippen molar-refractivity contribution in [2.24, 2.45) is 0 Å². The summed E-state index contributed by atoms with van der Waals surface area (Å²) < 4.78 is 5.13. The molecule has 6 heteroatoms. The van der Waals surface area contributed by atoms with Crippen molar-refractivity contribution in [1.29, 1.82) is 0 Å². The van der Waals surface area contributed by atoms with Gasteiger partial charge in [-0.25, -0.2) is 0 Å². The summed E-state index contributed by atoms with van der Waals surface area (Å²) in [6.07, 6.45) is 2.06. The smallest absolute Gasteiger partial charge is 0.229 e. The van der Waals surface area contributed by atoms with E-state index in [4.69, 9.17) is 27.7 Å². The van der Waals surface area contributed by atoms with Gasteiger partial charge < -0.3 is 9.63 Å². The van der Waals surface area contributed by atoms with Crippen LogP contribution >= 0.6 is 23.2 Å². The lowest BCUT2D eigenvalue weighted by atomic mass is 10.1. The Hall–Kier alpha value is -1.10. The van der Waals surface area contributed by atoms with Crippen LogP contribution in [0.25, 0.3) is 0 Å². The Morgan fingerprint density at radius 1 is 1.35 bits per heavy atom. The van der Waals surface area contributed by atoms with Gasteiger partial charge in [-0.2, -0.15) is 4.98 Å². The van der Waals surface area contributed by atoms with E-state index in [1.807, 2.05) is 13.0 Å². The lowest BCUT2D eigenvalue weighted by Gasteiger charge is -2.04. The second kappa shape index (κ2) is 7.07. The molecule has 20 heavy (non-hydrogen) atoms. The molecule has 0 saturated carbocycles. The molecule has 0 fully saturated rings. The summed E-state index contributed by atoms with van der Waals surface area (Å²) in [6, 6.07) is 5.30. The van der Waals surface area contributed by atoms with Gasteiger partial charge in [-0.3, -0.25) is 0 Å². The van der Waals surface area contributed by atoms with Crippen LogP contribution in [0, 0.1) is 0 Å². The fourth-order valence-corrected chi connectivity index (χ4v) is 2.39. The van der Waals surface area contributed by atoms with Crippen LogP contribution in [-0.2, 0) is 12.8 Å². The summed E-state index contributed by atoms with van der Waals surface area (Å²) in [5.41, 5.74) is 0.887. The summed E-state index contributed by atoms with van der Waals surface area (Å²) >= 11 is 12.0.